The molecule has 4 rings (SSSR count). The molecule has 0 bridgehead atoms. The SMILES string of the molecule is O=C(C1CC1)N1CCc2cc(S(=O)(=O)NCCSCc3ccc(Cl)cc3)ccc21. The van der Waals surface area contributed by atoms with Crippen LogP contribution in [0.15, 0.2) is 47.4 Å². The molecular weight excluding hydrogens is 428 g/mol. The highest BCUT2D eigenvalue weighted by atomic mass is 35.5. The summed E-state index contributed by atoms with van der Waals surface area (Å²) in [6.45, 7) is 1.01. The second kappa shape index (κ2) is 8.68. The topological polar surface area (TPSA) is 66.5 Å². The first kappa shape index (κ1) is 20.7. The molecular formula is C21H23ClN2O3S2. The van der Waals surface area contributed by atoms with Crippen LogP contribution in [0.2, 0.25) is 5.02 Å². The number of hydrogen-bond donors (Lipinski definition) is 1. The summed E-state index contributed by atoms with van der Waals surface area (Å²) in [4.78, 5) is 14.4. The van der Waals surface area contributed by atoms with Crippen LogP contribution in [0.3, 0.4) is 0 Å². The zero-order chi connectivity index (χ0) is 20.4. The lowest BCUT2D eigenvalue weighted by Crippen LogP contribution is -2.30. The van der Waals surface area contributed by atoms with E-state index in [-0.39, 0.29) is 16.7 Å². The van der Waals surface area contributed by atoms with E-state index in [9.17, 15) is 13.2 Å². The van der Waals surface area contributed by atoms with Crippen LogP contribution < -0.4 is 9.62 Å². The zero-order valence-electron chi connectivity index (χ0n) is 15.9. The van der Waals surface area contributed by atoms with Crippen LogP contribution in [0, 0.1) is 5.92 Å². The summed E-state index contributed by atoms with van der Waals surface area (Å²) in [6.07, 6.45) is 2.64. The third kappa shape index (κ3) is 4.97. The van der Waals surface area contributed by atoms with Crippen LogP contribution in [0.5, 0.6) is 0 Å². The van der Waals surface area contributed by atoms with E-state index < -0.39 is 10.0 Å². The molecule has 1 N–H and O–H groups in total. The molecule has 0 spiro atoms. The fraction of sp³-hybridized carbons (Fsp3) is 0.381. The van der Waals surface area contributed by atoms with Gasteiger partial charge in [0, 0.05) is 41.2 Å². The number of carbonyl (C=O) groups excluding carboxylic acids is 1. The maximum Gasteiger partial charge on any atom is 0.240 e. The standard InChI is InChI=1S/C21H23ClN2O3S2/c22-18-5-1-15(2-6-18)14-28-12-10-23-29(26,27)19-7-8-20-17(13-19)9-11-24(20)21(25)16-3-4-16/h1-2,5-8,13,16,23H,3-4,9-12,14H2. The highest BCUT2D eigenvalue weighted by molar-refractivity contribution is 7.98. The molecule has 2 aliphatic rings. The van der Waals surface area contributed by atoms with Crippen molar-refractivity contribution >= 4 is 45.0 Å². The van der Waals surface area contributed by atoms with Crippen molar-refractivity contribution in [2.45, 2.75) is 29.9 Å². The van der Waals surface area contributed by atoms with Crippen molar-refractivity contribution in [1.29, 1.82) is 0 Å². The maximum absolute atomic E-state index is 12.6. The zero-order valence-corrected chi connectivity index (χ0v) is 18.3. The van der Waals surface area contributed by atoms with Gasteiger partial charge < -0.3 is 4.90 Å². The highest BCUT2D eigenvalue weighted by Crippen LogP contribution is 2.37. The van der Waals surface area contributed by atoms with Crippen molar-refractivity contribution in [2.75, 3.05) is 23.7 Å². The van der Waals surface area contributed by atoms with Crippen LogP contribution in [-0.4, -0.2) is 33.2 Å². The molecule has 2 aromatic rings. The molecule has 0 atom stereocenters. The van der Waals surface area contributed by atoms with Crippen molar-refractivity contribution in [3.8, 4) is 0 Å². The molecule has 1 aliphatic carbocycles. The van der Waals surface area contributed by atoms with E-state index in [1.165, 1.54) is 0 Å². The predicted molar refractivity (Wildman–Crippen MR) is 118 cm³/mol. The lowest BCUT2D eigenvalue weighted by molar-refractivity contribution is -0.119. The largest absolute Gasteiger partial charge is 0.312 e. The van der Waals surface area contributed by atoms with E-state index in [1.807, 2.05) is 29.2 Å². The van der Waals surface area contributed by atoms with Crippen LogP contribution in [-0.2, 0) is 27.0 Å². The summed E-state index contributed by atoms with van der Waals surface area (Å²) in [5, 5.41) is 0.709. The van der Waals surface area contributed by atoms with Crippen molar-refractivity contribution in [3.05, 3.63) is 58.6 Å². The van der Waals surface area contributed by atoms with Gasteiger partial charge >= 0.3 is 0 Å². The summed E-state index contributed by atoms with van der Waals surface area (Å²) < 4.78 is 27.9. The lowest BCUT2D eigenvalue weighted by Gasteiger charge is -2.17. The summed E-state index contributed by atoms with van der Waals surface area (Å²) in [6, 6.07) is 12.7. The van der Waals surface area contributed by atoms with Crippen LogP contribution in [0.1, 0.15) is 24.0 Å². The summed E-state index contributed by atoms with van der Waals surface area (Å²) in [5.41, 5.74) is 2.95. The Morgan fingerprint density at radius 2 is 1.93 bits per heavy atom. The Kier molecular flexibility index (Phi) is 6.20. The number of benzene rings is 2. The number of sulfonamides is 1. The summed E-state index contributed by atoms with van der Waals surface area (Å²) in [7, 11) is -3.56. The molecule has 1 aliphatic heterocycles. The number of fused-ring (bicyclic) bond motifs is 1. The first-order chi connectivity index (χ1) is 13.9. The number of anilines is 1. The first-order valence-corrected chi connectivity index (χ1v) is 12.7. The molecule has 8 heteroatoms. The lowest BCUT2D eigenvalue weighted by atomic mass is 10.2. The van der Waals surface area contributed by atoms with E-state index >= 15 is 0 Å². The number of nitrogens with zero attached hydrogens (tertiary/aromatic N) is 1. The van der Waals surface area contributed by atoms with Crippen LogP contribution >= 0.6 is 23.4 Å². The Bertz CT molecular complexity index is 1010. The third-order valence-corrected chi connectivity index (χ3v) is 7.91. The Balaban J connectivity index is 1.31. The molecule has 5 nitrogen and oxygen atoms in total. The Labute approximate surface area is 180 Å². The number of nitrogens with one attached hydrogen (secondary N) is 1. The smallest absolute Gasteiger partial charge is 0.240 e. The second-order valence-corrected chi connectivity index (χ2v) is 10.7. The molecule has 1 heterocycles. The number of amides is 1. The van der Waals surface area contributed by atoms with Crippen LogP contribution in [0.25, 0.3) is 0 Å². The fourth-order valence-electron chi connectivity index (χ4n) is 3.43. The average molecular weight is 451 g/mol. The van der Waals surface area contributed by atoms with Gasteiger partial charge in [0.15, 0.2) is 0 Å². The van der Waals surface area contributed by atoms with Gasteiger partial charge in [-0.25, -0.2) is 13.1 Å². The fourth-order valence-corrected chi connectivity index (χ4v) is 5.58. The first-order valence-electron chi connectivity index (χ1n) is 9.70. The number of hydrogen-bond acceptors (Lipinski definition) is 4. The number of rotatable bonds is 8. The Hall–Kier alpha value is -1.54. The number of halogens is 1. The van der Waals surface area contributed by atoms with Gasteiger partial charge in [0.25, 0.3) is 0 Å². The molecule has 0 radical (unpaired) electrons. The maximum atomic E-state index is 12.6. The van der Waals surface area contributed by atoms with Crippen molar-refractivity contribution in [3.63, 3.8) is 0 Å². The molecule has 0 saturated heterocycles. The van der Waals surface area contributed by atoms with Crippen molar-refractivity contribution in [1.82, 2.24) is 4.72 Å². The van der Waals surface area contributed by atoms with Crippen LogP contribution in [0.4, 0.5) is 5.69 Å². The minimum absolute atomic E-state index is 0.163. The third-order valence-electron chi connectivity index (χ3n) is 5.17. The number of thioether (sulfide) groups is 1. The number of carbonyl (C=O) groups is 1. The molecule has 29 heavy (non-hydrogen) atoms. The van der Waals surface area contributed by atoms with Crippen molar-refractivity contribution < 1.29 is 13.2 Å². The van der Waals surface area contributed by atoms with Gasteiger partial charge in [0.1, 0.15) is 0 Å². The monoisotopic (exact) mass is 450 g/mol. The van der Waals surface area contributed by atoms with Gasteiger partial charge in [-0.15, -0.1) is 0 Å². The molecule has 1 saturated carbocycles. The van der Waals surface area contributed by atoms with E-state index in [4.69, 9.17) is 11.6 Å². The Morgan fingerprint density at radius 1 is 1.17 bits per heavy atom. The molecule has 154 valence electrons. The molecule has 1 fully saturated rings. The van der Waals surface area contributed by atoms with Gasteiger partial charge in [0.2, 0.25) is 15.9 Å². The quantitative estimate of drug-likeness (QED) is 0.620. The minimum Gasteiger partial charge on any atom is -0.312 e. The van der Waals surface area contributed by atoms with E-state index in [2.05, 4.69) is 4.72 Å². The highest BCUT2D eigenvalue weighted by Gasteiger charge is 2.36. The molecule has 1 amide bonds. The van der Waals surface area contributed by atoms with Gasteiger partial charge in [-0.3, -0.25) is 4.79 Å². The molecule has 0 unspecified atom stereocenters. The van der Waals surface area contributed by atoms with Gasteiger partial charge in [-0.2, -0.15) is 11.8 Å². The summed E-state index contributed by atoms with van der Waals surface area (Å²) >= 11 is 7.54. The van der Waals surface area contributed by atoms with Gasteiger partial charge in [-0.05, 0) is 60.7 Å². The van der Waals surface area contributed by atoms with Gasteiger partial charge in [0.05, 0.1) is 4.90 Å². The second-order valence-electron chi connectivity index (χ2n) is 7.38. The average Bonchev–Trinajstić information content (AvgIpc) is 3.47. The van der Waals surface area contributed by atoms with E-state index in [0.717, 1.165) is 35.4 Å². The molecule has 0 aromatic heterocycles. The van der Waals surface area contributed by atoms with Gasteiger partial charge in [-0.1, -0.05) is 23.7 Å². The van der Waals surface area contributed by atoms with Crippen molar-refractivity contribution in [2.24, 2.45) is 5.92 Å². The summed E-state index contributed by atoms with van der Waals surface area (Å²) in [5.74, 6) is 1.82. The van der Waals surface area contributed by atoms with E-state index in [1.54, 1.807) is 30.0 Å². The Morgan fingerprint density at radius 3 is 2.66 bits per heavy atom. The minimum atomic E-state index is -3.56. The normalized spacial score (nSPS) is 16.1. The molecule has 2 aromatic carbocycles. The predicted octanol–water partition coefficient (Wildman–Crippen LogP) is 3.85. The van der Waals surface area contributed by atoms with E-state index in [0.29, 0.717) is 30.3 Å².